The third-order valence-electron chi connectivity index (χ3n) is 3.79. The van der Waals surface area contributed by atoms with Crippen LogP contribution in [0.5, 0.6) is 0 Å². The highest BCUT2D eigenvalue weighted by Crippen LogP contribution is 2.36. The molecule has 0 aliphatic carbocycles. The molecule has 21 heavy (non-hydrogen) atoms. The largest absolute Gasteiger partial charge is 0.414 e. The van der Waals surface area contributed by atoms with Crippen molar-refractivity contribution in [2.45, 2.75) is 91.0 Å². The zero-order valence-corrected chi connectivity index (χ0v) is 16.2. The summed E-state index contributed by atoms with van der Waals surface area (Å²) in [5.41, 5.74) is 0. The first-order valence-electron chi connectivity index (χ1n) is 7.81. The predicted molar refractivity (Wildman–Crippen MR) is 89.2 cm³/mol. The molecule has 126 valence electrons. The fraction of sp³-hybridized carbons (Fsp3) is 0.938. The van der Waals surface area contributed by atoms with E-state index in [1.54, 1.807) is 0 Å². The molecule has 0 spiro atoms. The Morgan fingerprint density at radius 1 is 1.00 bits per heavy atom. The lowest BCUT2D eigenvalue weighted by molar-refractivity contribution is -0.144. The van der Waals surface area contributed by atoms with Gasteiger partial charge in [0.15, 0.2) is 14.6 Å². The fourth-order valence-electron chi connectivity index (χ4n) is 1.59. The van der Waals surface area contributed by atoms with Gasteiger partial charge in [0, 0.05) is 0 Å². The first-order chi connectivity index (χ1) is 9.40. The highest BCUT2D eigenvalue weighted by atomic mass is 28.4. The summed E-state index contributed by atoms with van der Waals surface area (Å²) < 4.78 is 17.7. The number of carbonyl (C=O) groups is 1. The molecular formula is C16H34O4Si. The van der Waals surface area contributed by atoms with E-state index >= 15 is 0 Å². The number of hydrogen-bond acceptors (Lipinski definition) is 4. The summed E-state index contributed by atoms with van der Waals surface area (Å²) in [5, 5.41) is 0.130. The number of aldehydes is 1. The molecule has 0 bridgehead atoms. The standard InChI is InChI=1S/C16H34O4Si/c1-12(2)19-14(10-17)15(20-13(3)4)11-18-21(8,9)16(5,6)7/h10,12-15H,11H2,1-9H3/t14-,15+/m0/s1. The Kier molecular flexibility index (Phi) is 8.32. The van der Waals surface area contributed by atoms with Gasteiger partial charge in [-0.25, -0.2) is 0 Å². The van der Waals surface area contributed by atoms with E-state index in [0.717, 1.165) is 6.29 Å². The summed E-state index contributed by atoms with van der Waals surface area (Å²) in [5.74, 6) is 0. The highest BCUT2D eigenvalue weighted by Gasteiger charge is 2.38. The second-order valence-electron chi connectivity index (χ2n) is 7.58. The van der Waals surface area contributed by atoms with Crippen LogP contribution in [0.1, 0.15) is 48.5 Å². The third kappa shape index (κ3) is 7.54. The van der Waals surface area contributed by atoms with Gasteiger partial charge in [0.1, 0.15) is 12.2 Å². The fourth-order valence-corrected chi connectivity index (χ4v) is 2.60. The van der Waals surface area contributed by atoms with Crippen molar-refractivity contribution in [3.05, 3.63) is 0 Å². The van der Waals surface area contributed by atoms with Crippen LogP contribution >= 0.6 is 0 Å². The van der Waals surface area contributed by atoms with Gasteiger partial charge in [0.05, 0.1) is 18.8 Å². The quantitative estimate of drug-likeness (QED) is 0.479. The van der Waals surface area contributed by atoms with Gasteiger partial charge in [0.2, 0.25) is 0 Å². The molecule has 0 aromatic carbocycles. The van der Waals surface area contributed by atoms with Crippen molar-refractivity contribution in [3.8, 4) is 0 Å². The Morgan fingerprint density at radius 3 is 1.81 bits per heavy atom. The van der Waals surface area contributed by atoms with E-state index in [9.17, 15) is 4.79 Å². The van der Waals surface area contributed by atoms with Crippen LogP contribution < -0.4 is 0 Å². The minimum absolute atomic E-state index is 0.0219. The monoisotopic (exact) mass is 318 g/mol. The van der Waals surface area contributed by atoms with E-state index < -0.39 is 14.4 Å². The van der Waals surface area contributed by atoms with E-state index in [0.29, 0.717) is 6.61 Å². The molecule has 0 rings (SSSR count). The molecule has 0 N–H and O–H groups in total. The molecule has 4 nitrogen and oxygen atoms in total. The zero-order valence-electron chi connectivity index (χ0n) is 15.2. The summed E-state index contributed by atoms with van der Waals surface area (Å²) in [4.78, 5) is 11.3. The first-order valence-corrected chi connectivity index (χ1v) is 10.7. The Bertz CT molecular complexity index is 308. The van der Waals surface area contributed by atoms with Crippen LogP contribution in [0.2, 0.25) is 18.1 Å². The van der Waals surface area contributed by atoms with E-state index in [2.05, 4.69) is 33.9 Å². The van der Waals surface area contributed by atoms with Crippen molar-refractivity contribution in [1.82, 2.24) is 0 Å². The van der Waals surface area contributed by atoms with Crippen LogP contribution in [0, 0.1) is 0 Å². The van der Waals surface area contributed by atoms with E-state index in [1.165, 1.54) is 0 Å². The normalized spacial score (nSPS) is 16.3. The molecule has 0 aliphatic heterocycles. The number of rotatable bonds is 9. The van der Waals surface area contributed by atoms with Crippen LogP contribution in [-0.2, 0) is 18.7 Å². The lowest BCUT2D eigenvalue weighted by atomic mass is 10.2. The molecule has 0 heterocycles. The van der Waals surface area contributed by atoms with Crippen LogP contribution in [0.25, 0.3) is 0 Å². The maximum atomic E-state index is 11.3. The van der Waals surface area contributed by atoms with E-state index in [1.807, 2.05) is 27.7 Å². The second kappa shape index (κ2) is 8.41. The van der Waals surface area contributed by atoms with Crippen LogP contribution in [0.15, 0.2) is 0 Å². The van der Waals surface area contributed by atoms with Gasteiger partial charge >= 0.3 is 0 Å². The molecule has 0 aromatic rings. The summed E-state index contributed by atoms with van der Waals surface area (Å²) >= 11 is 0. The van der Waals surface area contributed by atoms with Crippen LogP contribution in [0.3, 0.4) is 0 Å². The Labute approximate surface area is 131 Å². The summed E-state index contributed by atoms with van der Waals surface area (Å²) in [6.45, 7) is 19.1. The number of hydrogen-bond donors (Lipinski definition) is 0. The minimum atomic E-state index is -1.87. The Balaban J connectivity index is 4.88. The Morgan fingerprint density at radius 2 is 1.48 bits per heavy atom. The molecule has 0 fully saturated rings. The number of ether oxygens (including phenoxy) is 2. The average molecular weight is 319 g/mol. The van der Waals surface area contributed by atoms with Gasteiger partial charge in [-0.3, -0.25) is 0 Å². The smallest absolute Gasteiger partial charge is 0.192 e. The molecule has 0 aromatic heterocycles. The van der Waals surface area contributed by atoms with Crippen LogP contribution in [0.4, 0.5) is 0 Å². The maximum absolute atomic E-state index is 11.3. The molecule has 0 saturated carbocycles. The summed E-state index contributed by atoms with van der Waals surface area (Å²) in [6.07, 6.45) is -0.124. The molecule has 0 unspecified atom stereocenters. The third-order valence-corrected chi connectivity index (χ3v) is 8.29. The molecular weight excluding hydrogens is 284 g/mol. The summed E-state index contributed by atoms with van der Waals surface area (Å²) in [6, 6.07) is 0. The van der Waals surface area contributed by atoms with E-state index in [4.69, 9.17) is 13.9 Å². The molecule has 0 radical (unpaired) electrons. The molecule has 0 amide bonds. The van der Waals surface area contributed by atoms with E-state index in [-0.39, 0.29) is 23.4 Å². The minimum Gasteiger partial charge on any atom is -0.414 e. The molecule has 0 saturated heterocycles. The van der Waals surface area contributed by atoms with Crippen LogP contribution in [-0.4, -0.2) is 45.6 Å². The second-order valence-corrected chi connectivity index (χ2v) is 12.4. The molecule has 0 aliphatic rings. The Hall–Kier alpha value is -0.233. The van der Waals surface area contributed by atoms with Gasteiger partial charge in [-0.1, -0.05) is 20.8 Å². The van der Waals surface area contributed by atoms with Gasteiger partial charge in [-0.05, 0) is 45.8 Å². The van der Waals surface area contributed by atoms with Gasteiger partial charge in [-0.2, -0.15) is 0 Å². The van der Waals surface area contributed by atoms with Crippen molar-refractivity contribution in [3.63, 3.8) is 0 Å². The van der Waals surface area contributed by atoms with Gasteiger partial charge in [0.25, 0.3) is 0 Å². The maximum Gasteiger partial charge on any atom is 0.192 e. The van der Waals surface area contributed by atoms with Crippen molar-refractivity contribution in [1.29, 1.82) is 0 Å². The zero-order chi connectivity index (χ0) is 16.8. The van der Waals surface area contributed by atoms with Crippen molar-refractivity contribution in [2.75, 3.05) is 6.61 Å². The van der Waals surface area contributed by atoms with Crippen molar-refractivity contribution >= 4 is 14.6 Å². The number of carbonyl (C=O) groups excluding carboxylic acids is 1. The lowest BCUT2D eigenvalue weighted by Crippen LogP contribution is -2.47. The van der Waals surface area contributed by atoms with Crippen molar-refractivity contribution in [2.24, 2.45) is 0 Å². The average Bonchev–Trinajstić information content (AvgIpc) is 2.29. The summed E-state index contributed by atoms with van der Waals surface area (Å²) in [7, 11) is -1.87. The van der Waals surface area contributed by atoms with Crippen molar-refractivity contribution < 1.29 is 18.7 Å². The predicted octanol–water partition coefficient (Wildman–Crippen LogP) is 3.79. The SMILES string of the molecule is CC(C)O[C@@H](C=O)[C@@H](CO[Si](C)(C)C(C)(C)C)OC(C)C. The first kappa shape index (κ1) is 20.8. The van der Waals surface area contributed by atoms with Gasteiger partial charge < -0.3 is 18.7 Å². The van der Waals surface area contributed by atoms with Gasteiger partial charge in [-0.15, -0.1) is 0 Å². The highest BCUT2D eigenvalue weighted by molar-refractivity contribution is 6.74. The lowest BCUT2D eigenvalue weighted by Gasteiger charge is -2.38. The topological polar surface area (TPSA) is 44.8 Å². The molecule has 5 heteroatoms. The molecule has 2 atom stereocenters.